The van der Waals surface area contributed by atoms with Crippen molar-refractivity contribution in [3.05, 3.63) is 101 Å². The van der Waals surface area contributed by atoms with Crippen LogP contribution in [0.2, 0.25) is 0 Å². The summed E-state index contributed by atoms with van der Waals surface area (Å²) >= 11 is 1.56. The van der Waals surface area contributed by atoms with Gasteiger partial charge in [-0.15, -0.1) is 11.3 Å². The molecule has 1 amide bonds. The summed E-state index contributed by atoms with van der Waals surface area (Å²) in [5.74, 6) is 0.327. The lowest BCUT2D eigenvalue weighted by Gasteiger charge is -2.20. The number of hydrogen-bond acceptors (Lipinski definition) is 8. The van der Waals surface area contributed by atoms with Gasteiger partial charge in [-0.25, -0.2) is 9.80 Å². The van der Waals surface area contributed by atoms with Gasteiger partial charge < -0.3 is 18.9 Å². The number of amides is 1. The molecule has 0 aliphatic carbocycles. The number of rotatable bonds is 8. The van der Waals surface area contributed by atoms with E-state index in [1.807, 2.05) is 35.7 Å². The van der Waals surface area contributed by atoms with Gasteiger partial charge >= 0.3 is 5.97 Å². The van der Waals surface area contributed by atoms with Gasteiger partial charge in [0, 0.05) is 12.1 Å². The second-order valence-corrected chi connectivity index (χ2v) is 8.50. The summed E-state index contributed by atoms with van der Waals surface area (Å²) in [6.45, 7) is -0.0289. The third kappa shape index (κ3) is 4.65. The average Bonchev–Trinajstić information content (AvgIpc) is 3.67. The Morgan fingerprint density at radius 1 is 1.06 bits per heavy atom. The highest BCUT2D eigenvalue weighted by Gasteiger charge is 2.35. The number of benzene rings is 1. The van der Waals surface area contributed by atoms with Gasteiger partial charge in [-0.3, -0.25) is 4.79 Å². The zero-order valence-electron chi connectivity index (χ0n) is 18.0. The topological polar surface area (TPSA) is 97.3 Å². The molecule has 0 saturated heterocycles. The van der Waals surface area contributed by atoms with Crippen LogP contribution in [0.4, 0.5) is 5.69 Å². The molecule has 1 aromatic carbocycles. The predicted molar refractivity (Wildman–Crippen MR) is 127 cm³/mol. The molecule has 4 aromatic rings. The summed E-state index contributed by atoms with van der Waals surface area (Å²) in [6.07, 6.45) is 3.67. The molecule has 0 fully saturated rings. The van der Waals surface area contributed by atoms with E-state index in [4.69, 9.17) is 13.6 Å². The number of carbonyl (C=O) groups is 2. The number of carbonyl (C=O) groups excluding carboxylic acids is 2. The summed E-state index contributed by atoms with van der Waals surface area (Å²) in [5.41, 5.74) is 1.71. The first-order valence-corrected chi connectivity index (χ1v) is 11.6. The van der Waals surface area contributed by atoms with Gasteiger partial charge in [0.15, 0.2) is 6.61 Å². The summed E-state index contributed by atoms with van der Waals surface area (Å²) in [4.78, 5) is 26.8. The van der Waals surface area contributed by atoms with Crippen molar-refractivity contribution in [2.75, 3.05) is 11.9 Å². The Balaban J connectivity index is 1.27. The summed E-state index contributed by atoms with van der Waals surface area (Å²) in [5, 5.41) is 11.0. The molecular weight excluding hydrogens is 454 g/mol. The fourth-order valence-corrected chi connectivity index (χ4v) is 4.44. The minimum atomic E-state index is -0.605. The molecule has 9 heteroatoms. The van der Waals surface area contributed by atoms with Crippen LogP contribution in [0.1, 0.15) is 39.2 Å². The summed E-state index contributed by atoms with van der Waals surface area (Å²) in [6, 6.07) is 17.7. The molecule has 8 nitrogen and oxygen atoms in total. The van der Waals surface area contributed by atoms with Crippen molar-refractivity contribution < 1.29 is 23.2 Å². The van der Waals surface area contributed by atoms with Crippen molar-refractivity contribution in [3.63, 3.8) is 0 Å². The van der Waals surface area contributed by atoms with Crippen molar-refractivity contribution in [1.82, 2.24) is 5.01 Å². The van der Waals surface area contributed by atoms with Gasteiger partial charge in [0.2, 0.25) is 0 Å². The van der Waals surface area contributed by atoms with Crippen LogP contribution in [-0.2, 0) is 16.1 Å². The number of furan rings is 2. The second kappa shape index (κ2) is 9.80. The maximum absolute atomic E-state index is 13.0. The van der Waals surface area contributed by atoms with E-state index in [-0.39, 0.29) is 6.04 Å². The molecule has 1 unspecified atom stereocenters. The van der Waals surface area contributed by atoms with Crippen LogP contribution in [0.15, 0.2) is 92.5 Å². The Bertz CT molecular complexity index is 1280. The van der Waals surface area contributed by atoms with Crippen LogP contribution in [-0.4, -0.2) is 29.2 Å². The largest absolute Gasteiger partial charge is 0.467 e. The zero-order valence-corrected chi connectivity index (χ0v) is 18.9. The SMILES string of the molecule is O=C(OCC(=O)N1N=C(c2cccs2)CC1c1ccco1)c1ccccc1NCc1ccco1. The van der Waals surface area contributed by atoms with Crippen molar-refractivity contribution in [1.29, 1.82) is 0 Å². The number of hydrazone groups is 1. The third-order valence-electron chi connectivity index (χ3n) is 5.35. The Morgan fingerprint density at radius 3 is 2.68 bits per heavy atom. The molecule has 1 aliphatic rings. The fraction of sp³-hybridized carbons (Fsp3) is 0.160. The number of thiophene rings is 1. The van der Waals surface area contributed by atoms with Gasteiger partial charge in [-0.2, -0.15) is 5.10 Å². The molecule has 1 aliphatic heterocycles. The second-order valence-electron chi connectivity index (χ2n) is 7.55. The number of nitrogens with one attached hydrogen (secondary N) is 1. The molecule has 1 N–H and O–H groups in total. The third-order valence-corrected chi connectivity index (χ3v) is 6.27. The molecule has 34 heavy (non-hydrogen) atoms. The van der Waals surface area contributed by atoms with Crippen LogP contribution >= 0.6 is 11.3 Å². The lowest BCUT2D eigenvalue weighted by atomic mass is 10.1. The van der Waals surface area contributed by atoms with Crippen LogP contribution in [0.25, 0.3) is 0 Å². The molecule has 0 radical (unpaired) electrons. The Morgan fingerprint density at radius 2 is 1.91 bits per heavy atom. The van der Waals surface area contributed by atoms with Crippen LogP contribution < -0.4 is 5.32 Å². The minimum Gasteiger partial charge on any atom is -0.467 e. The first-order chi connectivity index (χ1) is 16.7. The number of anilines is 1. The van der Waals surface area contributed by atoms with E-state index >= 15 is 0 Å². The molecule has 1 atom stereocenters. The Kier molecular flexibility index (Phi) is 6.26. The standard InChI is InChI=1S/C25H21N3O5S/c29-24(28-21(22-9-4-12-32-22)14-20(27-28)23-10-5-13-34-23)16-33-25(30)18-7-1-2-8-19(18)26-15-17-6-3-11-31-17/h1-13,21,26H,14-16H2. The van der Waals surface area contributed by atoms with E-state index in [9.17, 15) is 9.59 Å². The van der Waals surface area contributed by atoms with E-state index in [1.54, 1.807) is 54.2 Å². The highest BCUT2D eigenvalue weighted by atomic mass is 32.1. The first-order valence-electron chi connectivity index (χ1n) is 10.7. The van der Waals surface area contributed by atoms with Crippen molar-refractivity contribution in [3.8, 4) is 0 Å². The van der Waals surface area contributed by atoms with E-state index in [0.29, 0.717) is 30.0 Å². The number of esters is 1. The number of hydrogen-bond donors (Lipinski definition) is 1. The molecule has 0 bridgehead atoms. The van der Waals surface area contributed by atoms with E-state index < -0.39 is 18.5 Å². The number of nitrogens with zero attached hydrogens (tertiary/aromatic N) is 2. The van der Waals surface area contributed by atoms with Crippen LogP contribution in [0.5, 0.6) is 0 Å². The highest BCUT2D eigenvalue weighted by molar-refractivity contribution is 7.12. The minimum absolute atomic E-state index is 0.327. The summed E-state index contributed by atoms with van der Waals surface area (Å²) in [7, 11) is 0. The fourth-order valence-electron chi connectivity index (χ4n) is 3.72. The van der Waals surface area contributed by atoms with Crippen molar-refractivity contribution in [2.24, 2.45) is 5.10 Å². The van der Waals surface area contributed by atoms with Crippen molar-refractivity contribution in [2.45, 2.75) is 19.0 Å². The molecule has 0 spiro atoms. The number of para-hydroxylation sites is 1. The molecule has 0 saturated carbocycles. The highest BCUT2D eigenvalue weighted by Crippen LogP contribution is 2.34. The molecule has 4 heterocycles. The molecule has 5 rings (SSSR count). The Labute approximate surface area is 199 Å². The van der Waals surface area contributed by atoms with Gasteiger partial charge in [-0.1, -0.05) is 18.2 Å². The van der Waals surface area contributed by atoms with E-state index in [0.717, 1.165) is 16.3 Å². The number of ether oxygens (including phenoxy) is 1. The van der Waals surface area contributed by atoms with Crippen LogP contribution in [0, 0.1) is 0 Å². The van der Waals surface area contributed by atoms with Gasteiger partial charge in [-0.05, 0) is 47.8 Å². The monoisotopic (exact) mass is 475 g/mol. The molecule has 3 aromatic heterocycles. The summed E-state index contributed by atoms with van der Waals surface area (Å²) < 4.78 is 16.2. The van der Waals surface area contributed by atoms with Crippen molar-refractivity contribution >= 4 is 34.6 Å². The van der Waals surface area contributed by atoms with Gasteiger partial charge in [0.25, 0.3) is 5.91 Å². The maximum atomic E-state index is 13.0. The molecule has 172 valence electrons. The first kappa shape index (κ1) is 21.7. The Hall–Kier alpha value is -4.11. The molecular formula is C25H21N3O5S. The maximum Gasteiger partial charge on any atom is 0.340 e. The van der Waals surface area contributed by atoms with E-state index in [2.05, 4.69) is 10.4 Å². The lowest BCUT2D eigenvalue weighted by Crippen LogP contribution is -2.31. The average molecular weight is 476 g/mol. The van der Waals surface area contributed by atoms with Crippen LogP contribution in [0.3, 0.4) is 0 Å². The van der Waals surface area contributed by atoms with E-state index in [1.165, 1.54) is 5.01 Å². The quantitative estimate of drug-likeness (QED) is 0.357. The van der Waals surface area contributed by atoms with Gasteiger partial charge in [0.1, 0.15) is 17.6 Å². The predicted octanol–water partition coefficient (Wildman–Crippen LogP) is 5.08. The zero-order chi connectivity index (χ0) is 23.3. The normalized spacial score (nSPS) is 15.2. The lowest BCUT2D eigenvalue weighted by molar-refractivity contribution is -0.136. The van der Waals surface area contributed by atoms with Gasteiger partial charge in [0.05, 0.1) is 35.2 Å². The smallest absolute Gasteiger partial charge is 0.340 e.